The van der Waals surface area contributed by atoms with E-state index in [1.807, 2.05) is 67.8 Å². The summed E-state index contributed by atoms with van der Waals surface area (Å²) >= 11 is 0. The highest BCUT2D eigenvalue weighted by molar-refractivity contribution is 5.86. The van der Waals surface area contributed by atoms with Crippen LogP contribution in [-0.4, -0.2) is 20.6 Å². The number of carboxylic acid groups (broad SMARTS) is 1. The standard InChI is InChI=1S/C19H18N2O2/c1-12-8-6-10-17(14(12)3)21-11-16(19(22)23)20-18(21)15-9-5-4-7-13(15)2/h4-11H,1-3H3,(H,22,23). The molecule has 1 heterocycles. The summed E-state index contributed by atoms with van der Waals surface area (Å²) in [5.74, 6) is -0.377. The van der Waals surface area contributed by atoms with Crippen molar-refractivity contribution in [3.05, 3.63) is 71.0 Å². The quantitative estimate of drug-likeness (QED) is 0.790. The van der Waals surface area contributed by atoms with Gasteiger partial charge in [-0.2, -0.15) is 0 Å². The van der Waals surface area contributed by atoms with Crippen molar-refractivity contribution in [1.29, 1.82) is 0 Å². The summed E-state index contributed by atoms with van der Waals surface area (Å²) in [6.07, 6.45) is 1.59. The average Bonchev–Trinajstić information content (AvgIpc) is 2.95. The first-order chi connectivity index (χ1) is 11.0. The molecule has 0 atom stereocenters. The van der Waals surface area contributed by atoms with E-state index in [1.54, 1.807) is 6.20 Å². The van der Waals surface area contributed by atoms with E-state index < -0.39 is 5.97 Å². The van der Waals surface area contributed by atoms with E-state index in [0.29, 0.717) is 5.82 Å². The van der Waals surface area contributed by atoms with Gasteiger partial charge < -0.3 is 5.11 Å². The SMILES string of the molecule is Cc1ccccc1-c1nc(C(=O)O)cn1-c1cccc(C)c1C. The van der Waals surface area contributed by atoms with E-state index in [2.05, 4.69) is 4.98 Å². The van der Waals surface area contributed by atoms with Gasteiger partial charge in [-0.25, -0.2) is 9.78 Å². The predicted molar refractivity (Wildman–Crippen MR) is 90.2 cm³/mol. The minimum atomic E-state index is -1.02. The largest absolute Gasteiger partial charge is 0.476 e. The van der Waals surface area contributed by atoms with Gasteiger partial charge in [0.25, 0.3) is 0 Å². The second-order valence-corrected chi connectivity index (χ2v) is 5.66. The fourth-order valence-corrected chi connectivity index (χ4v) is 2.68. The molecular weight excluding hydrogens is 288 g/mol. The third kappa shape index (κ3) is 2.63. The third-order valence-corrected chi connectivity index (χ3v) is 4.15. The first-order valence-corrected chi connectivity index (χ1v) is 7.44. The lowest BCUT2D eigenvalue weighted by Gasteiger charge is -2.13. The molecule has 3 aromatic rings. The molecule has 0 amide bonds. The fourth-order valence-electron chi connectivity index (χ4n) is 2.68. The maximum absolute atomic E-state index is 11.4. The summed E-state index contributed by atoms with van der Waals surface area (Å²) in [7, 11) is 0. The fraction of sp³-hybridized carbons (Fsp3) is 0.158. The molecule has 4 nitrogen and oxygen atoms in total. The van der Waals surface area contributed by atoms with Crippen LogP contribution in [0.25, 0.3) is 17.1 Å². The lowest BCUT2D eigenvalue weighted by molar-refractivity contribution is 0.0691. The molecule has 0 radical (unpaired) electrons. The van der Waals surface area contributed by atoms with Crippen molar-refractivity contribution in [2.75, 3.05) is 0 Å². The molecule has 4 heteroatoms. The topological polar surface area (TPSA) is 55.1 Å². The number of aromatic nitrogens is 2. The lowest BCUT2D eigenvalue weighted by atomic mass is 10.1. The van der Waals surface area contributed by atoms with Gasteiger partial charge in [-0.3, -0.25) is 4.57 Å². The Morgan fingerprint density at radius 3 is 2.39 bits per heavy atom. The van der Waals surface area contributed by atoms with Crippen LogP contribution in [-0.2, 0) is 0 Å². The van der Waals surface area contributed by atoms with Crippen LogP contribution in [0, 0.1) is 20.8 Å². The van der Waals surface area contributed by atoms with Crippen molar-refractivity contribution < 1.29 is 9.90 Å². The lowest BCUT2D eigenvalue weighted by Crippen LogP contribution is -2.00. The van der Waals surface area contributed by atoms with E-state index >= 15 is 0 Å². The van der Waals surface area contributed by atoms with Crippen LogP contribution in [0.15, 0.2) is 48.7 Å². The first-order valence-electron chi connectivity index (χ1n) is 7.44. The highest BCUT2D eigenvalue weighted by Gasteiger charge is 2.18. The maximum Gasteiger partial charge on any atom is 0.356 e. The van der Waals surface area contributed by atoms with Crippen molar-refractivity contribution in [1.82, 2.24) is 9.55 Å². The molecule has 0 fully saturated rings. The summed E-state index contributed by atoms with van der Waals surface area (Å²) in [6, 6.07) is 13.9. The van der Waals surface area contributed by atoms with E-state index in [4.69, 9.17) is 0 Å². The predicted octanol–water partition coefficient (Wildman–Crippen LogP) is 4.16. The summed E-state index contributed by atoms with van der Waals surface area (Å²) < 4.78 is 1.87. The summed E-state index contributed by atoms with van der Waals surface area (Å²) in [6.45, 7) is 6.08. The molecule has 2 aromatic carbocycles. The van der Waals surface area contributed by atoms with Gasteiger partial charge in [-0.05, 0) is 43.5 Å². The molecule has 0 aliphatic carbocycles. The number of carbonyl (C=O) groups is 1. The summed E-state index contributed by atoms with van der Waals surface area (Å²) in [5.41, 5.74) is 5.25. The number of nitrogens with zero attached hydrogens (tertiary/aromatic N) is 2. The molecule has 0 saturated carbocycles. The smallest absolute Gasteiger partial charge is 0.356 e. The molecule has 0 spiro atoms. The molecule has 0 unspecified atom stereocenters. The summed E-state index contributed by atoms with van der Waals surface area (Å²) in [5, 5.41) is 9.33. The van der Waals surface area contributed by atoms with Gasteiger partial charge in [0.15, 0.2) is 5.69 Å². The Kier molecular flexibility index (Phi) is 3.74. The normalized spacial score (nSPS) is 10.7. The zero-order chi connectivity index (χ0) is 16.6. The van der Waals surface area contributed by atoms with Crippen molar-refractivity contribution >= 4 is 5.97 Å². The first kappa shape index (κ1) is 15.0. The van der Waals surface area contributed by atoms with Crippen LogP contribution >= 0.6 is 0 Å². The van der Waals surface area contributed by atoms with Crippen LogP contribution in [0.1, 0.15) is 27.2 Å². The number of aromatic carboxylic acids is 1. The van der Waals surface area contributed by atoms with Crippen molar-refractivity contribution in [2.45, 2.75) is 20.8 Å². The minimum absolute atomic E-state index is 0.0455. The van der Waals surface area contributed by atoms with Gasteiger partial charge in [0.1, 0.15) is 5.82 Å². The molecule has 23 heavy (non-hydrogen) atoms. The Morgan fingerprint density at radius 2 is 1.70 bits per heavy atom. The van der Waals surface area contributed by atoms with Crippen molar-refractivity contribution in [2.24, 2.45) is 0 Å². The molecule has 0 aliphatic rings. The van der Waals surface area contributed by atoms with Gasteiger partial charge in [0, 0.05) is 11.8 Å². The molecule has 0 aliphatic heterocycles. The van der Waals surface area contributed by atoms with Crippen LogP contribution in [0.2, 0.25) is 0 Å². The number of carboxylic acids is 1. The molecule has 116 valence electrons. The molecule has 0 saturated heterocycles. The monoisotopic (exact) mass is 306 g/mol. The van der Waals surface area contributed by atoms with Gasteiger partial charge in [-0.1, -0.05) is 36.4 Å². The second kappa shape index (κ2) is 5.72. The Balaban J connectivity index is 2.30. The highest BCUT2D eigenvalue weighted by atomic mass is 16.4. The van der Waals surface area contributed by atoms with Crippen molar-refractivity contribution in [3.8, 4) is 17.1 Å². The minimum Gasteiger partial charge on any atom is -0.476 e. The van der Waals surface area contributed by atoms with E-state index in [1.165, 1.54) is 0 Å². The Morgan fingerprint density at radius 1 is 1.00 bits per heavy atom. The zero-order valence-corrected chi connectivity index (χ0v) is 13.4. The number of aryl methyl sites for hydroxylation is 2. The van der Waals surface area contributed by atoms with Gasteiger partial charge in [-0.15, -0.1) is 0 Å². The number of imidazole rings is 1. The molecule has 3 rings (SSSR count). The molecule has 1 N–H and O–H groups in total. The van der Waals surface area contributed by atoms with E-state index in [-0.39, 0.29) is 5.69 Å². The number of hydrogen-bond donors (Lipinski definition) is 1. The van der Waals surface area contributed by atoms with Crippen LogP contribution in [0.3, 0.4) is 0 Å². The van der Waals surface area contributed by atoms with Crippen LogP contribution < -0.4 is 0 Å². The van der Waals surface area contributed by atoms with E-state index in [9.17, 15) is 9.90 Å². The third-order valence-electron chi connectivity index (χ3n) is 4.15. The maximum atomic E-state index is 11.4. The Hall–Kier alpha value is -2.88. The average molecular weight is 306 g/mol. The van der Waals surface area contributed by atoms with Crippen LogP contribution in [0.5, 0.6) is 0 Å². The zero-order valence-electron chi connectivity index (χ0n) is 13.4. The van der Waals surface area contributed by atoms with Crippen molar-refractivity contribution in [3.63, 3.8) is 0 Å². The second-order valence-electron chi connectivity index (χ2n) is 5.66. The molecular formula is C19H18N2O2. The van der Waals surface area contributed by atoms with Gasteiger partial charge in [0.05, 0.1) is 5.69 Å². The van der Waals surface area contributed by atoms with Gasteiger partial charge >= 0.3 is 5.97 Å². The Bertz CT molecular complexity index is 894. The van der Waals surface area contributed by atoms with Gasteiger partial charge in [0.2, 0.25) is 0 Å². The number of benzene rings is 2. The van der Waals surface area contributed by atoms with E-state index in [0.717, 1.165) is 27.9 Å². The molecule has 0 bridgehead atoms. The number of hydrogen-bond acceptors (Lipinski definition) is 2. The number of rotatable bonds is 3. The van der Waals surface area contributed by atoms with Crippen LogP contribution in [0.4, 0.5) is 0 Å². The highest BCUT2D eigenvalue weighted by Crippen LogP contribution is 2.28. The Labute approximate surface area is 135 Å². The molecule has 1 aromatic heterocycles. The summed E-state index contributed by atoms with van der Waals surface area (Å²) in [4.78, 5) is 15.7.